The normalized spacial score (nSPS) is 11.8. The summed E-state index contributed by atoms with van der Waals surface area (Å²) < 4.78 is 16.3. The topological polar surface area (TPSA) is 73.9 Å². The van der Waals surface area contributed by atoms with Crippen LogP contribution >= 0.6 is 23.2 Å². The third-order valence-corrected chi connectivity index (χ3v) is 4.91. The Morgan fingerprint density at radius 2 is 1.84 bits per heavy atom. The van der Waals surface area contributed by atoms with E-state index >= 15 is 0 Å². The predicted octanol–water partition coefficient (Wildman–Crippen LogP) is 4.83. The fourth-order valence-corrected chi connectivity index (χ4v) is 3.50. The van der Waals surface area contributed by atoms with Crippen molar-refractivity contribution in [1.29, 1.82) is 0 Å². The highest BCUT2D eigenvalue weighted by molar-refractivity contribution is 6.36. The number of hydrogen-bond acceptors (Lipinski definition) is 5. The third-order valence-electron chi connectivity index (χ3n) is 4.37. The van der Waals surface area contributed by atoms with Gasteiger partial charge in [-0.3, -0.25) is 4.79 Å². The lowest BCUT2D eigenvalue weighted by atomic mass is 10.0. The van der Waals surface area contributed by atoms with Crippen LogP contribution < -0.4 is 10.1 Å². The van der Waals surface area contributed by atoms with Crippen LogP contribution in [0.1, 0.15) is 42.3 Å². The highest BCUT2D eigenvalue weighted by Crippen LogP contribution is 2.23. The molecule has 0 radical (unpaired) electrons. The van der Waals surface area contributed by atoms with Gasteiger partial charge in [0.15, 0.2) is 6.10 Å². The number of rotatable bonds is 10. The zero-order chi connectivity index (χ0) is 23.0. The summed E-state index contributed by atoms with van der Waals surface area (Å²) >= 11 is 12.0. The summed E-state index contributed by atoms with van der Waals surface area (Å²) in [6.45, 7) is 5.98. The molecule has 31 heavy (non-hydrogen) atoms. The van der Waals surface area contributed by atoms with Gasteiger partial charge >= 0.3 is 5.97 Å². The molecular weight excluding hydrogens is 441 g/mol. The molecule has 0 aliphatic heterocycles. The van der Waals surface area contributed by atoms with Crippen LogP contribution in [0.15, 0.2) is 36.4 Å². The Labute approximate surface area is 192 Å². The maximum atomic E-state index is 12.5. The molecule has 1 unspecified atom stereocenters. The lowest BCUT2D eigenvalue weighted by molar-refractivity contribution is -0.159. The third kappa shape index (κ3) is 7.42. The second kappa shape index (κ2) is 11.9. The van der Waals surface area contributed by atoms with Crippen LogP contribution in [0.2, 0.25) is 10.0 Å². The Morgan fingerprint density at radius 1 is 1.10 bits per heavy atom. The average molecular weight is 468 g/mol. The van der Waals surface area contributed by atoms with Gasteiger partial charge in [0.05, 0.1) is 30.4 Å². The molecule has 0 saturated heterocycles. The van der Waals surface area contributed by atoms with E-state index in [0.717, 1.165) is 11.1 Å². The monoisotopic (exact) mass is 467 g/mol. The quantitative estimate of drug-likeness (QED) is 0.506. The zero-order valence-electron chi connectivity index (χ0n) is 18.0. The molecule has 2 aromatic rings. The van der Waals surface area contributed by atoms with Crippen molar-refractivity contribution in [2.24, 2.45) is 0 Å². The summed E-state index contributed by atoms with van der Waals surface area (Å²) in [5, 5.41) is 3.56. The molecular formula is C23H27Cl2NO5. The van der Waals surface area contributed by atoms with Crippen LogP contribution in [-0.2, 0) is 27.2 Å². The first-order valence-electron chi connectivity index (χ1n) is 9.96. The van der Waals surface area contributed by atoms with Gasteiger partial charge < -0.3 is 19.5 Å². The first-order chi connectivity index (χ1) is 14.7. The molecule has 0 spiro atoms. The van der Waals surface area contributed by atoms with E-state index in [1.54, 1.807) is 32.2 Å². The number of methoxy groups -OCH3 is 1. The van der Waals surface area contributed by atoms with Crippen molar-refractivity contribution in [2.75, 3.05) is 13.7 Å². The van der Waals surface area contributed by atoms with Crippen LogP contribution in [0.5, 0.6) is 5.75 Å². The number of nitrogens with one attached hydrogen (secondary N) is 1. The van der Waals surface area contributed by atoms with E-state index in [1.807, 2.05) is 26.0 Å². The number of esters is 1. The molecule has 168 valence electrons. The molecule has 0 aromatic heterocycles. The molecule has 0 fully saturated rings. The summed E-state index contributed by atoms with van der Waals surface area (Å²) in [5.41, 5.74) is 1.94. The Balaban J connectivity index is 2.17. The summed E-state index contributed by atoms with van der Waals surface area (Å²) in [4.78, 5) is 24.8. The molecule has 0 bridgehead atoms. The van der Waals surface area contributed by atoms with E-state index in [-0.39, 0.29) is 30.2 Å². The molecule has 1 N–H and O–H groups in total. The molecule has 0 heterocycles. The largest absolute Gasteiger partial charge is 0.496 e. The van der Waals surface area contributed by atoms with Crippen LogP contribution in [0.3, 0.4) is 0 Å². The van der Waals surface area contributed by atoms with Crippen molar-refractivity contribution in [1.82, 2.24) is 5.32 Å². The molecule has 1 amide bonds. The van der Waals surface area contributed by atoms with Gasteiger partial charge in [0.2, 0.25) is 0 Å². The standard InChI is InChI=1S/C23H27Cl2NO5/c1-5-30-23(28)21(31-14(2)3)11-15-6-9-20(29-4)16(10-15)13-26-22(27)18-8-7-17(24)12-19(18)25/h6-10,12,14,21H,5,11,13H2,1-4H3,(H,26,27). The Bertz CT molecular complexity index is 917. The molecule has 0 aliphatic carbocycles. The molecule has 8 heteroatoms. The number of hydrogen-bond donors (Lipinski definition) is 1. The number of ether oxygens (including phenoxy) is 3. The van der Waals surface area contributed by atoms with Gasteiger partial charge in [-0.15, -0.1) is 0 Å². The van der Waals surface area contributed by atoms with Crippen LogP contribution in [0.25, 0.3) is 0 Å². The van der Waals surface area contributed by atoms with E-state index in [9.17, 15) is 9.59 Å². The van der Waals surface area contributed by atoms with Crippen molar-refractivity contribution < 1.29 is 23.8 Å². The van der Waals surface area contributed by atoms with Gasteiger partial charge in [-0.2, -0.15) is 0 Å². The van der Waals surface area contributed by atoms with E-state index < -0.39 is 12.1 Å². The van der Waals surface area contributed by atoms with Gasteiger partial charge in [0, 0.05) is 23.6 Å². The van der Waals surface area contributed by atoms with Crippen molar-refractivity contribution in [3.8, 4) is 5.75 Å². The molecule has 2 rings (SSSR count). The number of benzene rings is 2. The maximum absolute atomic E-state index is 12.5. The van der Waals surface area contributed by atoms with Gasteiger partial charge in [-0.1, -0.05) is 35.3 Å². The van der Waals surface area contributed by atoms with E-state index in [2.05, 4.69) is 5.32 Å². The minimum absolute atomic E-state index is 0.129. The second-order valence-electron chi connectivity index (χ2n) is 7.08. The molecule has 6 nitrogen and oxygen atoms in total. The second-order valence-corrected chi connectivity index (χ2v) is 7.93. The van der Waals surface area contributed by atoms with Gasteiger partial charge in [-0.25, -0.2) is 4.79 Å². The molecule has 0 saturated carbocycles. The Hall–Kier alpha value is -2.28. The minimum Gasteiger partial charge on any atom is -0.496 e. The molecule has 1 atom stereocenters. The highest BCUT2D eigenvalue weighted by Gasteiger charge is 2.23. The summed E-state index contributed by atoms with van der Waals surface area (Å²) in [7, 11) is 1.56. The fourth-order valence-electron chi connectivity index (χ4n) is 3.01. The Morgan fingerprint density at radius 3 is 2.45 bits per heavy atom. The van der Waals surface area contributed by atoms with E-state index in [1.165, 1.54) is 6.07 Å². The lowest BCUT2D eigenvalue weighted by Gasteiger charge is -2.20. The molecule has 2 aromatic carbocycles. The predicted molar refractivity (Wildman–Crippen MR) is 121 cm³/mol. The number of carbonyl (C=O) groups excluding carboxylic acids is 2. The van der Waals surface area contributed by atoms with E-state index in [4.69, 9.17) is 37.4 Å². The summed E-state index contributed by atoms with van der Waals surface area (Å²) in [5.74, 6) is -0.121. The Kier molecular flexibility index (Phi) is 9.62. The summed E-state index contributed by atoms with van der Waals surface area (Å²) in [6, 6.07) is 10.2. The number of amides is 1. The lowest BCUT2D eigenvalue weighted by Crippen LogP contribution is -2.31. The van der Waals surface area contributed by atoms with Crippen LogP contribution in [-0.4, -0.2) is 37.8 Å². The van der Waals surface area contributed by atoms with Crippen LogP contribution in [0.4, 0.5) is 0 Å². The number of halogens is 2. The SMILES string of the molecule is CCOC(=O)C(Cc1ccc(OC)c(CNC(=O)c2ccc(Cl)cc2Cl)c1)OC(C)C. The fraction of sp³-hybridized carbons (Fsp3) is 0.391. The minimum atomic E-state index is -0.719. The first kappa shape index (κ1) is 25.0. The van der Waals surface area contributed by atoms with Crippen molar-refractivity contribution in [3.05, 3.63) is 63.1 Å². The average Bonchev–Trinajstić information content (AvgIpc) is 2.71. The summed E-state index contributed by atoms with van der Waals surface area (Å²) in [6.07, 6.45) is -0.510. The van der Waals surface area contributed by atoms with E-state index in [0.29, 0.717) is 22.8 Å². The maximum Gasteiger partial charge on any atom is 0.335 e. The van der Waals surface area contributed by atoms with Gasteiger partial charge in [0.1, 0.15) is 5.75 Å². The van der Waals surface area contributed by atoms with Gasteiger partial charge in [-0.05, 0) is 50.6 Å². The molecule has 0 aliphatic rings. The zero-order valence-corrected chi connectivity index (χ0v) is 19.5. The smallest absolute Gasteiger partial charge is 0.335 e. The first-order valence-corrected chi connectivity index (χ1v) is 10.7. The highest BCUT2D eigenvalue weighted by atomic mass is 35.5. The number of carbonyl (C=O) groups is 2. The van der Waals surface area contributed by atoms with Gasteiger partial charge in [0.25, 0.3) is 5.91 Å². The van der Waals surface area contributed by atoms with Crippen molar-refractivity contribution >= 4 is 35.1 Å². The van der Waals surface area contributed by atoms with Crippen molar-refractivity contribution in [3.63, 3.8) is 0 Å². The van der Waals surface area contributed by atoms with Crippen LogP contribution in [0, 0.1) is 0 Å². The van der Waals surface area contributed by atoms with Crippen molar-refractivity contribution in [2.45, 2.75) is 45.9 Å².